The van der Waals surface area contributed by atoms with Crippen LogP contribution in [-0.4, -0.2) is 37.2 Å². The van der Waals surface area contributed by atoms with Gasteiger partial charge in [0.15, 0.2) is 6.10 Å². The number of hydrogen-bond acceptors (Lipinski definition) is 6. The van der Waals surface area contributed by atoms with Crippen molar-refractivity contribution in [2.75, 3.05) is 13.2 Å². The van der Waals surface area contributed by atoms with Crippen LogP contribution in [0.1, 0.15) is 316 Å². The Labute approximate surface area is 404 Å². The third-order valence-corrected chi connectivity index (χ3v) is 12.9. The maximum absolute atomic E-state index is 12.8. The predicted molar refractivity (Wildman–Crippen MR) is 279 cm³/mol. The minimum atomic E-state index is -0.770. The van der Waals surface area contributed by atoms with Crippen LogP contribution in [0.25, 0.3) is 0 Å². The van der Waals surface area contributed by atoms with Crippen molar-refractivity contribution in [2.24, 2.45) is 0 Å². The van der Waals surface area contributed by atoms with E-state index in [0.29, 0.717) is 19.3 Å². The molecule has 0 aliphatic heterocycles. The fraction of sp³-hybridized carbons (Fsp3) is 0.881. The number of ether oxygens (including phenoxy) is 3. The third kappa shape index (κ3) is 52.7. The maximum atomic E-state index is 12.8. The van der Waals surface area contributed by atoms with Gasteiger partial charge in [-0.2, -0.15) is 0 Å². The highest BCUT2D eigenvalue weighted by Crippen LogP contribution is 2.16. The second-order valence-electron chi connectivity index (χ2n) is 19.6. The molecule has 0 fully saturated rings. The molecule has 0 aromatic carbocycles. The van der Waals surface area contributed by atoms with Crippen LogP contribution < -0.4 is 0 Å². The predicted octanol–water partition coefficient (Wildman–Crippen LogP) is 19.1. The summed E-state index contributed by atoms with van der Waals surface area (Å²) < 4.78 is 16.9. The van der Waals surface area contributed by atoms with E-state index in [1.807, 2.05) is 0 Å². The van der Waals surface area contributed by atoms with Gasteiger partial charge >= 0.3 is 17.9 Å². The van der Waals surface area contributed by atoms with E-state index in [0.717, 1.165) is 64.2 Å². The smallest absolute Gasteiger partial charge is 0.306 e. The summed E-state index contributed by atoms with van der Waals surface area (Å²) in [6.45, 7) is 6.65. The van der Waals surface area contributed by atoms with E-state index in [9.17, 15) is 14.4 Å². The highest BCUT2D eigenvalue weighted by molar-refractivity contribution is 5.71. The van der Waals surface area contributed by atoms with Crippen LogP contribution in [0.3, 0.4) is 0 Å². The second-order valence-corrected chi connectivity index (χ2v) is 19.6. The summed E-state index contributed by atoms with van der Waals surface area (Å²) in [6.07, 6.45) is 63.1. The molecule has 0 aliphatic rings. The quantitative estimate of drug-likeness (QED) is 0.0262. The monoisotopic (exact) mass is 915 g/mol. The van der Waals surface area contributed by atoms with E-state index in [1.165, 1.54) is 212 Å². The number of carbonyl (C=O) groups is 3. The first-order valence-corrected chi connectivity index (χ1v) is 28.8. The van der Waals surface area contributed by atoms with E-state index in [1.54, 1.807) is 0 Å². The molecule has 6 heteroatoms. The summed E-state index contributed by atoms with van der Waals surface area (Å²) in [5, 5.41) is 0. The van der Waals surface area contributed by atoms with Gasteiger partial charge in [0.1, 0.15) is 13.2 Å². The molecule has 0 bridgehead atoms. The average Bonchev–Trinajstić information content (AvgIpc) is 3.30. The molecular formula is C59H110O6. The van der Waals surface area contributed by atoms with Crippen molar-refractivity contribution < 1.29 is 28.6 Å². The van der Waals surface area contributed by atoms with Crippen LogP contribution in [0.15, 0.2) is 24.3 Å². The van der Waals surface area contributed by atoms with E-state index < -0.39 is 6.10 Å². The normalized spacial score (nSPS) is 12.1. The first kappa shape index (κ1) is 62.9. The molecule has 6 nitrogen and oxygen atoms in total. The summed E-state index contributed by atoms with van der Waals surface area (Å²) in [5.41, 5.74) is 0. The molecule has 0 unspecified atom stereocenters. The molecule has 0 saturated heterocycles. The molecule has 65 heavy (non-hydrogen) atoms. The zero-order chi connectivity index (χ0) is 47.2. The van der Waals surface area contributed by atoms with Gasteiger partial charge in [0, 0.05) is 19.3 Å². The second kappa shape index (κ2) is 54.5. The lowest BCUT2D eigenvalue weighted by atomic mass is 10.0. The first-order valence-electron chi connectivity index (χ1n) is 28.8. The molecular weight excluding hydrogens is 805 g/mol. The zero-order valence-electron chi connectivity index (χ0n) is 43.8. The summed E-state index contributed by atoms with van der Waals surface area (Å²) in [4.78, 5) is 38.1. The van der Waals surface area contributed by atoms with E-state index in [4.69, 9.17) is 14.2 Å². The number of hydrogen-bond donors (Lipinski definition) is 0. The maximum Gasteiger partial charge on any atom is 0.306 e. The minimum Gasteiger partial charge on any atom is -0.462 e. The Kier molecular flexibility index (Phi) is 52.7. The Hall–Kier alpha value is -2.11. The van der Waals surface area contributed by atoms with Crippen molar-refractivity contribution in [3.63, 3.8) is 0 Å². The van der Waals surface area contributed by atoms with E-state index in [2.05, 4.69) is 45.1 Å². The SMILES string of the molecule is CCCCCC/C=C\CCCCCCCC(=O)OC[C@@H](COC(=O)CCCCCCCCCCCCC/C=C\CCCCCCCC)OC(=O)CCCCCCCCCCCCCCC. The molecule has 0 aromatic rings. The summed E-state index contributed by atoms with van der Waals surface area (Å²) >= 11 is 0. The molecule has 0 radical (unpaired) electrons. The van der Waals surface area contributed by atoms with Gasteiger partial charge in [-0.25, -0.2) is 0 Å². The topological polar surface area (TPSA) is 78.9 Å². The summed E-state index contributed by atoms with van der Waals surface area (Å²) in [5.74, 6) is -0.861. The lowest BCUT2D eigenvalue weighted by Crippen LogP contribution is -2.30. The molecule has 0 rings (SSSR count). The van der Waals surface area contributed by atoms with Crippen LogP contribution in [0.2, 0.25) is 0 Å². The van der Waals surface area contributed by atoms with E-state index >= 15 is 0 Å². The van der Waals surface area contributed by atoms with Gasteiger partial charge in [-0.1, -0.05) is 251 Å². The van der Waals surface area contributed by atoms with Gasteiger partial charge in [-0.15, -0.1) is 0 Å². The molecule has 0 amide bonds. The molecule has 0 aromatic heterocycles. The van der Waals surface area contributed by atoms with Crippen molar-refractivity contribution >= 4 is 17.9 Å². The molecule has 0 N–H and O–H groups in total. The average molecular weight is 916 g/mol. The Bertz CT molecular complexity index is 1050. The number of unbranched alkanes of at least 4 members (excludes halogenated alkanes) is 38. The van der Waals surface area contributed by atoms with Crippen LogP contribution >= 0.6 is 0 Å². The van der Waals surface area contributed by atoms with Gasteiger partial charge in [-0.3, -0.25) is 14.4 Å². The van der Waals surface area contributed by atoms with Crippen LogP contribution in [0.4, 0.5) is 0 Å². The minimum absolute atomic E-state index is 0.0698. The lowest BCUT2D eigenvalue weighted by molar-refractivity contribution is -0.167. The standard InChI is InChI=1S/C59H110O6/c1-4-7-10-13-16-19-22-25-26-27-28-29-30-31-32-35-37-40-43-46-49-52-58(61)64-55-56(65-59(62)53-50-47-44-41-38-34-24-21-18-15-12-9-6-3)54-63-57(60)51-48-45-42-39-36-33-23-20-17-14-11-8-5-2/h20,23,25-26,56H,4-19,21-22,24,27-55H2,1-3H3/b23-20-,26-25-/t56-/m0/s1. The highest BCUT2D eigenvalue weighted by atomic mass is 16.6. The number of allylic oxidation sites excluding steroid dienone is 4. The van der Waals surface area contributed by atoms with Gasteiger partial charge < -0.3 is 14.2 Å². The Morgan fingerprint density at radius 3 is 0.785 bits per heavy atom. The molecule has 0 saturated carbocycles. The van der Waals surface area contributed by atoms with Gasteiger partial charge in [0.05, 0.1) is 0 Å². The van der Waals surface area contributed by atoms with E-state index in [-0.39, 0.29) is 31.1 Å². The fourth-order valence-electron chi connectivity index (χ4n) is 8.55. The Balaban J connectivity index is 4.27. The first-order chi connectivity index (χ1) is 32.0. The van der Waals surface area contributed by atoms with Crippen molar-refractivity contribution in [1.82, 2.24) is 0 Å². The fourth-order valence-corrected chi connectivity index (χ4v) is 8.55. The Morgan fingerprint density at radius 1 is 0.292 bits per heavy atom. The van der Waals surface area contributed by atoms with Crippen LogP contribution in [0, 0.1) is 0 Å². The summed E-state index contributed by atoms with van der Waals surface area (Å²) in [6, 6.07) is 0. The molecule has 0 heterocycles. The number of carbonyl (C=O) groups excluding carboxylic acids is 3. The van der Waals surface area contributed by atoms with Crippen molar-refractivity contribution in [1.29, 1.82) is 0 Å². The Morgan fingerprint density at radius 2 is 0.508 bits per heavy atom. The van der Waals surface area contributed by atoms with Crippen LogP contribution in [-0.2, 0) is 28.6 Å². The molecule has 0 spiro atoms. The number of rotatable bonds is 53. The van der Waals surface area contributed by atoms with Gasteiger partial charge in [0.2, 0.25) is 0 Å². The molecule has 1 atom stereocenters. The number of esters is 3. The van der Waals surface area contributed by atoms with Crippen molar-refractivity contribution in [3.05, 3.63) is 24.3 Å². The molecule has 382 valence electrons. The summed E-state index contributed by atoms with van der Waals surface area (Å²) in [7, 11) is 0. The third-order valence-electron chi connectivity index (χ3n) is 12.9. The van der Waals surface area contributed by atoms with Crippen molar-refractivity contribution in [2.45, 2.75) is 322 Å². The van der Waals surface area contributed by atoms with Crippen LogP contribution in [0.5, 0.6) is 0 Å². The van der Waals surface area contributed by atoms with Crippen molar-refractivity contribution in [3.8, 4) is 0 Å². The van der Waals surface area contributed by atoms with Gasteiger partial charge in [-0.05, 0) is 70.6 Å². The zero-order valence-corrected chi connectivity index (χ0v) is 43.8. The highest BCUT2D eigenvalue weighted by Gasteiger charge is 2.19. The largest absolute Gasteiger partial charge is 0.462 e. The molecule has 0 aliphatic carbocycles. The van der Waals surface area contributed by atoms with Gasteiger partial charge in [0.25, 0.3) is 0 Å². The lowest BCUT2D eigenvalue weighted by Gasteiger charge is -2.18.